The summed E-state index contributed by atoms with van der Waals surface area (Å²) in [5.74, 6) is -0.854. The standard InChI is InChI=1S/C28H30FN3O6S/c1-20(28(34)30-2)31(15-14-21-6-4-3-5-7-21)27(33)19-32(23-10-8-22(29)9-11-23)39(35,36)24-12-13-25-26(18-24)38-17-16-37-25/h3-13,18,20H,14-17,19H2,1-2H3,(H,30,34)/t20-/m0/s1. The molecule has 3 aromatic carbocycles. The van der Waals surface area contributed by atoms with Crippen LogP contribution in [0.15, 0.2) is 77.7 Å². The van der Waals surface area contributed by atoms with E-state index in [9.17, 15) is 22.4 Å². The van der Waals surface area contributed by atoms with E-state index >= 15 is 0 Å². The van der Waals surface area contributed by atoms with Gasteiger partial charge in [-0.05, 0) is 55.3 Å². The molecule has 2 amide bonds. The van der Waals surface area contributed by atoms with E-state index in [4.69, 9.17) is 9.47 Å². The smallest absolute Gasteiger partial charge is 0.264 e. The van der Waals surface area contributed by atoms with Crippen molar-refractivity contribution in [2.75, 3.05) is 37.7 Å². The number of carbonyl (C=O) groups is 2. The number of halogens is 1. The molecule has 1 heterocycles. The van der Waals surface area contributed by atoms with Crippen molar-refractivity contribution in [3.8, 4) is 11.5 Å². The Balaban J connectivity index is 1.68. The number of anilines is 1. The number of amides is 2. The molecule has 0 aliphatic carbocycles. The topological polar surface area (TPSA) is 105 Å². The summed E-state index contributed by atoms with van der Waals surface area (Å²) >= 11 is 0. The number of hydrogen-bond donors (Lipinski definition) is 1. The molecular weight excluding hydrogens is 525 g/mol. The fourth-order valence-corrected chi connectivity index (χ4v) is 5.66. The number of nitrogens with zero attached hydrogens (tertiary/aromatic N) is 2. The van der Waals surface area contributed by atoms with Crippen molar-refractivity contribution in [1.82, 2.24) is 10.2 Å². The van der Waals surface area contributed by atoms with Crippen LogP contribution in [-0.2, 0) is 26.0 Å². The van der Waals surface area contributed by atoms with Crippen LogP contribution >= 0.6 is 0 Å². The lowest BCUT2D eigenvalue weighted by atomic mass is 10.1. The quantitative estimate of drug-likeness (QED) is 0.413. The number of fused-ring (bicyclic) bond motifs is 1. The Kier molecular flexibility index (Phi) is 8.70. The van der Waals surface area contributed by atoms with E-state index in [0.717, 1.165) is 22.0 Å². The van der Waals surface area contributed by atoms with Crippen molar-refractivity contribution < 1.29 is 31.9 Å². The first kappa shape index (κ1) is 27.9. The van der Waals surface area contributed by atoms with Crippen molar-refractivity contribution in [3.63, 3.8) is 0 Å². The van der Waals surface area contributed by atoms with Gasteiger partial charge in [0.05, 0.1) is 10.6 Å². The molecule has 3 aromatic rings. The van der Waals surface area contributed by atoms with Crippen LogP contribution in [0.4, 0.5) is 10.1 Å². The highest BCUT2D eigenvalue weighted by Gasteiger charge is 2.33. The number of benzene rings is 3. The molecule has 39 heavy (non-hydrogen) atoms. The molecular formula is C28H30FN3O6S. The third kappa shape index (κ3) is 6.48. The minimum Gasteiger partial charge on any atom is -0.486 e. The molecule has 4 rings (SSSR count). The van der Waals surface area contributed by atoms with Gasteiger partial charge in [-0.15, -0.1) is 0 Å². The lowest BCUT2D eigenvalue weighted by Gasteiger charge is -2.32. The molecule has 1 N–H and O–H groups in total. The largest absolute Gasteiger partial charge is 0.486 e. The summed E-state index contributed by atoms with van der Waals surface area (Å²) in [7, 11) is -2.85. The number of carbonyl (C=O) groups excluding carboxylic acids is 2. The van der Waals surface area contributed by atoms with Gasteiger partial charge in [-0.2, -0.15) is 0 Å². The summed E-state index contributed by atoms with van der Waals surface area (Å²) in [6.45, 7) is 1.76. The first-order valence-electron chi connectivity index (χ1n) is 12.4. The van der Waals surface area contributed by atoms with Crippen molar-refractivity contribution in [1.29, 1.82) is 0 Å². The third-order valence-electron chi connectivity index (χ3n) is 6.39. The Labute approximate surface area is 227 Å². The molecule has 11 heteroatoms. The highest BCUT2D eigenvalue weighted by Crippen LogP contribution is 2.34. The molecule has 1 aliphatic heterocycles. The molecule has 0 spiro atoms. The Hall–Kier alpha value is -4.12. The van der Waals surface area contributed by atoms with Gasteiger partial charge in [0.1, 0.15) is 31.6 Å². The van der Waals surface area contributed by atoms with Crippen LogP contribution in [0.2, 0.25) is 0 Å². The van der Waals surface area contributed by atoms with Crippen molar-refractivity contribution in [3.05, 3.63) is 84.2 Å². The van der Waals surface area contributed by atoms with Crippen LogP contribution < -0.4 is 19.1 Å². The van der Waals surface area contributed by atoms with Crippen LogP contribution in [0.25, 0.3) is 0 Å². The molecule has 206 valence electrons. The van der Waals surface area contributed by atoms with Gasteiger partial charge in [0.2, 0.25) is 11.8 Å². The number of sulfonamides is 1. The number of likely N-dealkylation sites (N-methyl/N-ethyl adjacent to an activating group) is 1. The molecule has 0 unspecified atom stereocenters. The minimum absolute atomic E-state index is 0.0928. The first-order valence-corrected chi connectivity index (χ1v) is 13.9. The van der Waals surface area contributed by atoms with E-state index in [2.05, 4.69) is 5.32 Å². The molecule has 0 radical (unpaired) electrons. The number of nitrogens with one attached hydrogen (secondary N) is 1. The number of ether oxygens (including phenoxy) is 2. The maximum atomic E-state index is 13.9. The van der Waals surface area contributed by atoms with Crippen LogP contribution in [0, 0.1) is 5.82 Å². The van der Waals surface area contributed by atoms with E-state index in [1.165, 1.54) is 42.3 Å². The maximum Gasteiger partial charge on any atom is 0.264 e. The second-order valence-corrected chi connectivity index (χ2v) is 10.8. The normalized spacial score (nSPS) is 13.3. The summed E-state index contributed by atoms with van der Waals surface area (Å²) in [4.78, 5) is 27.4. The molecule has 1 aliphatic rings. The van der Waals surface area contributed by atoms with Crippen LogP contribution in [0.1, 0.15) is 12.5 Å². The van der Waals surface area contributed by atoms with Gasteiger partial charge in [0.25, 0.3) is 10.0 Å². The summed E-state index contributed by atoms with van der Waals surface area (Å²) in [5, 5.41) is 2.54. The van der Waals surface area contributed by atoms with Crippen molar-refractivity contribution >= 4 is 27.5 Å². The predicted molar refractivity (Wildman–Crippen MR) is 144 cm³/mol. The zero-order chi connectivity index (χ0) is 28.0. The van der Waals surface area contributed by atoms with Gasteiger partial charge in [0, 0.05) is 19.7 Å². The zero-order valence-corrected chi connectivity index (χ0v) is 22.5. The summed E-state index contributed by atoms with van der Waals surface area (Å²) in [6.07, 6.45) is 0.458. The van der Waals surface area contributed by atoms with Gasteiger partial charge in [-0.1, -0.05) is 30.3 Å². The molecule has 1 atom stereocenters. The average Bonchev–Trinajstić information content (AvgIpc) is 2.96. The lowest BCUT2D eigenvalue weighted by Crippen LogP contribution is -2.51. The van der Waals surface area contributed by atoms with Gasteiger partial charge in [0.15, 0.2) is 11.5 Å². The summed E-state index contributed by atoms with van der Waals surface area (Å²) in [6, 6.07) is 17.6. The average molecular weight is 556 g/mol. The fraction of sp³-hybridized carbons (Fsp3) is 0.286. The number of hydrogen-bond acceptors (Lipinski definition) is 6. The lowest BCUT2D eigenvalue weighted by molar-refractivity contribution is -0.138. The number of rotatable bonds is 10. The third-order valence-corrected chi connectivity index (χ3v) is 8.16. The molecule has 0 fully saturated rings. The maximum absolute atomic E-state index is 13.9. The molecule has 0 bridgehead atoms. The Morgan fingerprint density at radius 1 is 0.974 bits per heavy atom. The van der Waals surface area contributed by atoms with Gasteiger partial charge < -0.3 is 19.7 Å². The molecule has 0 saturated heterocycles. The summed E-state index contributed by atoms with van der Waals surface area (Å²) < 4.78 is 53.4. The van der Waals surface area contributed by atoms with Gasteiger partial charge in [-0.25, -0.2) is 12.8 Å². The Bertz CT molecular complexity index is 1420. The van der Waals surface area contributed by atoms with E-state index < -0.39 is 34.3 Å². The molecule has 9 nitrogen and oxygen atoms in total. The van der Waals surface area contributed by atoms with Gasteiger partial charge in [-0.3, -0.25) is 13.9 Å². The van der Waals surface area contributed by atoms with Crippen LogP contribution in [0.5, 0.6) is 11.5 Å². The van der Waals surface area contributed by atoms with Gasteiger partial charge >= 0.3 is 0 Å². The van der Waals surface area contributed by atoms with E-state index in [1.807, 2.05) is 30.3 Å². The van der Waals surface area contributed by atoms with Crippen LogP contribution in [-0.4, -0.2) is 64.5 Å². The molecule has 0 aromatic heterocycles. The monoisotopic (exact) mass is 555 g/mol. The Morgan fingerprint density at radius 2 is 1.64 bits per heavy atom. The minimum atomic E-state index is -4.32. The van der Waals surface area contributed by atoms with E-state index in [-0.39, 0.29) is 35.4 Å². The van der Waals surface area contributed by atoms with Crippen molar-refractivity contribution in [2.45, 2.75) is 24.3 Å². The predicted octanol–water partition coefficient (Wildman–Crippen LogP) is 3.00. The highest BCUT2D eigenvalue weighted by molar-refractivity contribution is 7.92. The van der Waals surface area contributed by atoms with Crippen molar-refractivity contribution in [2.24, 2.45) is 0 Å². The summed E-state index contributed by atoms with van der Waals surface area (Å²) in [5.41, 5.74) is 1.05. The van der Waals surface area contributed by atoms with E-state index in [1.54, 1.807) is 6.92 Å². The zero-order valence-electron chi connectivity index (χ0n) is 21.7. The van der Waals surface area contributed by atoms with Crippen LogP contribution in [0.3, 0.4) is 0 Å². The fourth-order valence-electron chi connectivity index (χ4n) is 4.23. The second-order valence-electron chi connectivity index (χ2n) is 8.91. The highest BCUT2D eigenvalue weighted by atomic mass is 32.2. The SMILES string of the molecule is CNC(=O)[C@H](C)N(CCc1ccccc1)C(=O)CN(c1ccc(F)cc1)S(=O)(=O)c1ccc2c(c1)OCCO2. The Morgan fingerprint density at radius 3 is 2.31 bits per heavy atom. The molecule has 0 saturated carbocycles. The second kappa shape index (κ2) is 12.2. The first-order chi connectivity index (χ1) is 18.7. The van der Waals surface area contributed by atoms with E-state index in [0.29, 0.717) is 18.8 Å².